The third-order valence-electron chi connectivity index (χ3n) is 2.90. The molecule has 0 fully saturated rings. The highest BCUT2D eigenvalue weighted by atomic mass is 79.9. The van der Waals surface area contributed by atoms with Crippen molar-refractivity contribution in [2.24, 2.45) is 0 Å². The van der Waals surface area contributed by atoms with E-state index >= 15 is 0 Å². The molecular weight excluding hydrogens is 321 g/mol. The number of alkyl halides is 3. The number of pyridine rings is 1. The summed E-state index contributed by atoms with van der Waals surface area (Å²) >= 11 is 3.37. The van der Waals surface area contributed by atoms with Crippen molar-refractivity contribution in [2.45, 2.75) is 19.5 Å². The lowest BCUT2D eigenvalue weighted by molar-refractivity contribution is -0.140. The molecule has 0 saturated carbocycles. The summed E-state index contributed by atoms with van der Waals surface area (Å²) in [5.74, 6) is 0. The molecule has 1 heterocycles. The zero-order valence-electron chi connectivity index (χ0n) is 10.4. The van der Waals surface area contributed by atoms with Crippen molar-refractivity contribution in [3.63, 3.8) is 0 Å². The van der Waals surface area contributed by atoms with Gasteiger partial charge in [0.2, 0.25) is 0 Å². The van der Waals surface area contributed by atoms with Crippen LogP contribution in [-0.2, 0) is 12.6 Å². The smallest absolute Gasteiger partial charge is 0.388 e. The Hall–Kier alpha value is -1.30. The molecule has 102 valence electrons. The highest BCUT2D eigenvalue weighted by Crippen LogP contribution is 2.35. The molecule has 0 aliphatic rings. The summed E-state index contributed by atoms with van der Waals surface area (Å²) in [6.07, 6.45) is -3.83. The largest absolute Gasteiger partial charge is 0.433 e. The van der Waals surface area contributed by atoms with Gasteiger partial charge < -0.3 is 5.32 Å². The van der Waals surface area contributed by atoms with Gasteiger partial charge in [-0.1, -0.05) is 22.9 Å². The van der Waals surface area contributed by atoms with Crippen LogP contribution in [0.5, 0.6) is 0 Å². The van der Waals surface area contributed by atoms with Crippen molar-refractivity contribution in [1.29, 1.82) is 0 Å². The number of nitrogens with one attached hydrogen (secondary N) is 1. The number of rotatable bonds is 2. The maximum absolute atomic E-state index is 12.8. The van der Waals surface area contributed by atoms with Gasteiger partial charge in [0, 0.05) is 22.6 Å². The standard InChI is InChI=1S/C13H12BrF3N2/c1-3-7-4-8(14)5-9-10(18-2)6-11(13(15,16)17)19-12(7)9/h4-6H,3H2,1-2H3,(H,18,19). The Morgan fingerprint density at radius 2 is 1.95 bits per heavy atom. The molecule has 1 aromatic carbocycles. The van der Waals surface area contributed by atoms with Crippen molar-refractivity contribution in [1.82, 2.24) is 4.98 Å². The van der Waals surface area contributed by atoms with Crippen LogP contribution < -0.4 is 5.32 Å². The average Bonchev–Trinajstić information content (AvgIpc) is 2.35. The topological polar surface area (TPSA) is 24.9 Å². The summed E-state index contributed by atoms with van der Waals surface area (Å²) in [5.41, 5.74) is 0.728. The summed E-state index contributed by atoms with van der Waals surface area (Å²) in [5, 5.41) is 3.48. The molecule has 6 heteroatoms. The second-order valence-corrected chi connectivity index (χ2v) is 5.03. The minimum Gasteiger partial charge on any atom is -0.388 e. The first kappa shape index (κ1) is 14.1. The van der Waals surface area contributed by atoms with Crippen LogP contribution in [0, 0.1) is 0 Å². The number of benzene rings is 1. The van der Waals surface area contributed by atoms with Gasteiger partial charge in [0.05, 0.1) is 5.52 Å². The summed E-state index contributed by atoms with van der Waals surface area (Å²) < 4.78 is 39.4. The highest BCUT2D eigenvalue weighted by Gasteiger charge is 2.33. The molecular formula is C13H12BrF3N2. The lowest BCUT2D eigenvalue weighted by Crippen LogP contribution is -2.09. The summed E-state index contributed by atoms with van der Waals surface area (Å²) in [4.78, 5) is 3.78. The predicted molar refractivity (Wildman–Crippen MR) is 73.4 cm³/mol. The fraction of sp³-hybridized carbons (Fsp3) is 0.308. The van der Waals surface area contributed by atoms with Crippen LogP contribution in [0.3, 0.4) is 0 Å². The highest BCUT2D eigenvalue weighted by molar-refractivity contribution is 9.10. The van der Waals surface area contributed by atoms with Crippen LogP contribution in [0.2, 0.25) is 0 Å². The molecule has 2 nitrogen and oxygen atoms in total. The lowest BCUT2D eigenvalue weighted by Gasteiger charge is -2.14. The van der Waals surface area contributed by atoms with Crippen LogP contribution in [0.15, 0.2) is 22.7 Å². The number of halogens is 4. The third-order valence-corrected chi connectivity index (χ3v) is 3.36. The fourth-order valence-corrected chi connectivity index (χ4v) is 2.49. The van der Waals surface area contributed by atoms with E-state index in [4.69, 9.17) is 0 Å². The van der Waals surface area contributed by atoms with E-state index in [0.29, 0.717) is 23.0 Å². The molecule has 0 radical (unpaired) electrons. The molecule has 2 rings (SSSR count). The Bertz CT molecular complexity index is 623. The van der Waals surface area contributed by atoms with Crippen LogP contribution in [-0.4, -0.2) is 12.0 Å². The van der Waals surface area contributed by atoms with Crippen LogP contribution in [0.4, 0.5) is 18.9 Å². The van der Waals surface area contributed by atoms with Crippen molar-refractivity contribution < 1.29 is 13.2 Å². The van der Waals surface area contributed by atoms with Gasteiger partial charge in [0.25, 0.3) is 0 Å². The second-order valence-electron chi connectivity index (χ2n) is 4.12. The number of anilines is 1. The summed E-state index contributed by atoms with van der Waals surface area (Å²) in [7, 11) is 1.60. The number of nitrogens with zero attached hydrogens (tertiary/aromatic N) is 1. The molecule has 0 spiro atoms. The van der Waals surface area contributed by atoms with Gasteiger partial charge >= 0.3 is 6.18 Å². The third kappa shape index (κ3) is 2.68. The Morgan fingerprint density at radius 1 is 1.26 bits per heavy atom. The molecule has 19 heavy (non-hydrogen) atoms. The van der Waals surface area contributed by atoms with Gasteiger partial charge in [-0.2, -0.15) is 13.2 Å². The number of fused-ring (bicyclic) bond motifs is 1. The lowest BCUT2D eigenvalue weighted by atomic mass is 10.1. The molecule has 2 aromatic rings. The molecule has 0 aliphatic carbocycles. The van der Waals surface area contributed by atoms with Gasteiger partial charge in [0.15, 0.2) is 0 Å². The molecule has 0 saturated heterocycles. The first-order chi connectivity index (χ1) is 8.86. The minimum absolute atomic E-state index is 0.393. The molecule has 0 amide bonds. The maximum Gasteiger partial charge on any atom is 0.433 e. The van der Waals surface area contributed by atoms with Gasteiger partial charge in [-0.15, -0.1) is 0 Å². The normalized spacial score (nSPS) is 11.9. The number of aryl methyl sites for hydroxylation is 1. The first-order valence-electron chi connectivity index (χ1n) is 5.75. The molecule has 0 bridgehead atoms. The Balaban J connectivity index is 2.85. The van der Waals surface area contributed by atoms with Crippen molar-refractivity contribution in [3.8, 4) is 0 Å². The monoisotopic (exact) mass is 332 g/mol. The maximum atomic E-state index is 12.8. The van der Waals surface area contributed by atoms with E-state index in [1.807, 2.05) is 6.92 Å². The minimum atomic E-state index is -4.45. The van der Waals surface area contributed by atoms with Gasteiger partial charge in [-0.25, -0.2) is 4.98 Å². The van der Waals surface area contributed by atoms with E-state index in [2.05, 4.69) is 26.2 Å². The van der Waals surface area contributed by atoms with Crippen molar-refractivity contribution >= 4 is 32.5 Å². The van der Waals surface area contributed by atoms with E-state index < -0.39 is 11.9 Å². The zero-order chi connectivity index (χ0) is 14.2. The zero-order valence-corrected chi connectivity index (χ0v) is 12.0. The predicted octanol–water partition coefficient (Wildman–Crippen LogP) is 4.62. The van der Waals surface area contributed by atoms with Gasteiger partial charge in [-0.3, -0.25) is 0 Å². The van der Waals surface area contributed by atoms with Crippen LogP contribution >= 0.6 is 15.9 Å². The summed E-state index contributed by atoms with van der Waals surface area (Å²) in [6, 6.07) is 4.61. The SMILES string of the molecule is CCc1cc(Br)cc2c(NC)cc(C(F)(F)F)nc12. The Morgan fingerprint density at radius 3 is 2.47 bits per heavy atom. The quantitative estimate of drug-likeness (QED) is 0.867. The fourth-order valence-electron chi connectivity index (χ4n) is 1.98. The number of aromatic nitrogens is 1. The van der Waals surface area contributed by atoms with E-state index in [0.717, 1.165) is 16.1 Å². The Labute approximate surface area is 117 Å². The molecule has 0 aliphatic heterocycles. The first-order valence-corrected chi connectivity index (χ1v) is 6.54. The Kier molecular flexibility index (Phi) is 3.71. The molecule has 0 atom stereocenters. The van der Waals surface area contributed by atoms with Crippen molar-refractivity contribution in [3.05, 3.63) is 33.9 Å². The van der Waals surface area contributed by atoms with E-state index in [9.17, 15) is 13.2 Å². The molecule has 1 aromatic heterocycles. The molecule has 0 unspecified atom stereocenters. The molecule has 1 N–H and O–H groups in total. The van der Waals surface area contributed by atoms with Gasteiger partial charge in [0.1, 0.15) is 5.69 Å². The van der Waals surface area contributed by atoms with E-state index in [1.54, 1.807) is 19.2 Å². The second kappa shape index (κ2) is 5.00. The van der Waals surface area contributed by atoms with Crippen molar-refractivity contribution in [2.75, 3.05) is 12.4 Å². The average molecular weight is 333 g/mol. The van der Waals surface area contributed by atoms with Crippen LogP contribution in [0.25, 0.3) is 10.9 Å². The number of hydrogen-bond donors (Lipinski definition) is 1. The summed E-state index contributed by atoms with van der Waals surface area (Å²) in [6.45, 7) is 1.89. The van der Waals surface area contributed by atoms with Gasteiger partial charge in [-0.05, 0) is 30.2 Å². The number of hydrogen-bond acceptors (Lipinski definition) is 2. The van der Waals surface area contributed by atoms with E-state index in [1.165, 1.54) is 0 Å². The van der Waals surface area contributed by atoms with Crippen LogP contribution in [0.1, 0.15) is 18.2 Å². The van der Waals surface area contributed by atoms with E-state index in [-0.39, 0.29) is 0 Å².